The van der Waals surface area contributed by atoms with Gasteiger partial charge in [0.1, 0.15) is 6.07 Å². The fourth-order valence-electron chi connectivity index (χ4n) is 3.17. The van der Waals surface area contributed by atoms with Crippen molar-refractivity contribution in [2.24, 2.45) is 0 Å². The summed E-state index contributed by atoms with van der Waals surface area (Å²) >= 11 is 0. The second kappa shape index (κ2) is 9.14. The lowest BCUT2D eigenvalue weighted by molar-refractivity contribution is -0.0780. The molecule has 3 heteroatoms. The first-order valence-corrected chi connectivity index (χ1v) is 9.20. The van der Waals surface area contributed by atoms with E-state index < -0.39 is 5.72 Å². The van der Waals surface area contributed by atoms with Crippen LogP contribution in [0.3, 0.4) is 0 Å². The molecule has 136 valence electrons. The minimum atomic E-state index is -1.54. The van der Waals surface area contributed by atoms with Gasteiger partial charge in [0.05, 0.1) is 0 Å². The normalized spacial score (nSPS) is 13.1. The van der Waals surface area contributed by atoms with Crippen LogP contribution in [-0.2, 0) is 19.5 Å². The largest absolute Gasteiger partial charge is 0.363 e. The van der Waals surface area contributed by atoms with Crippen molar-refractivity contribution in [2.45, 2.75) is 31.7 Å². The summed E-state index contributed by atoms with van der Waals surface area (Å²) in [5, 5.41) is 21.1. The van der Waals surface area contributed by atoms with Crippen LogP contribution in [0.4, 0.5) is 0 Å². The molecule has 0 aliphatic rings. The summed E-state index contributed by atoms with van der Waals surface area (Å²) in [4.78, 5) is 1.86. The van der Waals surface area contributed by atoms with E-state index in [2.05, 4.69) is 6.07 Å². The third-order valence-electron chi connectivity index (χ3n) is 4.74. The SMILES string of the molecule is N#CC(O)(CCc1ccccc1)N(Cc1ccccc1)Cc1ccccc1. The molecular formula is C24H24N2O. The minimum absolute atomic E-state index is 0.354. The monoisotopic (exact) mass is 356 g/mol. The fraction of sp³-hybridized carbons (Fsp3) is 0.208. The lowest BCUT2D eigenvalue weighted by Gasteiger charge is -2.35. The van der Waals surface area contributed by atoms with Crippen molar-refractivity contribution in [3.05, 3.63) is 108 Å². The maximum atomic E-state index is 11.2. The average Bonchev–Trinajstić information content (AvgIpc) is 2.74. The van der Waals surface area contributed by atoms with Crippen LogP contribution in [0.15, 0.2) is 91.0 Å². The molecular weight excluding hydrogens is 332 g/mol. The third-order valence-corrected chi connectivity index (χ3v) is 4.74. The summed E-state index contributed by atoms with van der Waals surface area (Å²) in [5.41, 5.74) is 1.72. The van der Waals surface area contributed by atoms with Gasteiger partial charge < -0.3 is 5.11 Å². The smallest absolute Gasteiger partial charge is 0.208 e. The molecule has 0 radical (unpaired) electrons. The Bertz CT molecular complexity index is 818. The Kier molecular flexibility index (Phi) is 6.38. The van der Waals surface area contributed by atoms with Gasteiger partial charge in [-0.25, -0.2) is 0 Å². The molecule has 0 heterocycles. The van der Waals surface area contributed by atoms with E-state index in [1.54, 1.807) is 0 Å². The van der Waals surface area contributed by atoms with Crippen LogP contribution in [0.2, 0.25) is 0 Å². The van der Waals surface area contributed by atoms with Gasteiger partial charge in [-0.3, -0.25) is 4.90 Å². The Labute approximate surface area is 161 Å². The Morgan fingerprint density at radius 3 is 1.52 bits per heavy atom. The molecule has 3 rings (SSSR count). The number of hydrogen-bond donors (Lipinski definition) is 1. The summed E-state index contributed by atoms with van der Waals surface area (Å²) < 4.78 is 0. The number of aryl methyl sites for hydroxylation is 1. The molecule has 27 heavy (non-hydrogen) atoms. The first-order valence-electron chi connectivity index (χ1n) is 9.20. The molecule has 0 aromatic heterocycles. The zero-order valence-corrected chi connectivity index (χ0v) is 15.3. The van der Waals surface area contributed by atoms with Crippen LogP contribution >= 0.6 is 0 Å². The first kappa shape index (κ1) is 18.8. The molecule has 3 aromatic carbocycles. The molecule has 1 N–H and O–H groups in total. The van der Waals surface area contributed by atoms with Crippen molar-refractivity contribution >= 4 is 0 Å². The highest BCUT2D eigenvalue weighted by molar-refractivity contribution is 5.20. The number of hydrogen-bond acceptors (Lipinski definition) is 3. The predicted molar refractivity (Wildman–Crippen MR) is 107 cm³/mol. The maximum absolute atomic E-state index is 11.2. The second-order valence-corrected chi connectivity index (χ2v) is 6.74. The summed E-state index contributed by atoms with van der Waals surface area (Å²) in [7, 11) is 0. The van der Waals surface area contributed by atoms with Crippen LogP contribution < -0.4 is 0 Å². The lowest BCUT2D eigenvalue weighted by atomic mass is 10.00. The summed E-state index contributed by atoms with van der Waals surface area (Å²) in [5.74, 6) is 0. The van der Waals surface area contributed by atoms with E-state index >= 15 is 0 Å². The molecule has 1 unspecified atom stereocenters. The highest BCUT2D eigenvalue weighted by Gasteiger charge is 2.34. The number of benzene rings is 3. The van der Waals surface area contributed by atoms with E-state index in [4.69, 9.17) is 0 Å². The summed E-state index contributed by atoms with van der Waals surface area (Å²) in [6.07, 6.45) is 0.998. The van der Waals surface area contributed by atoms with E-state index in [1.165, 1.54) is 0 Å². The summed E-state index contributed by atoms with van der Waals surface area (Å²) in [6.45, 7) is 1.02. The first-order chi connectivity index (χ1) is 13.2. The highest BCUT2D eigenvalue weighted by Crippen LogP contribution is 2.24. The van der Waals surface area contributed by atoms with Gasteiger partial charge in [-0.15, -0.1) is 0 Å². The van der Waals surface area contributed by atoms with Crippen molar-refractivity contribution in [1.82, 2.24) is 4.90 Å². The van der Waals surface area contributed by atoms with Crippen LogP contribution in [0, 0.1) is 11.3 Å². The van der Waals surface area contributed by atoms with Gasteiger partial charge in [-0.2, -0.15) is 5.26 Å². The Morgan fingerprint density at radius 1 is 0.704 bits per heavy atom. The molecule has 1 atom stereocenters. The van der Waals surface area contributed by atoms with Crippen molar-refractivity contribution in [1.29, 1.82) is 5.26 Å². The van der Waals surface area contributed by atoms with Crippen LogP contribution in [0.1, 0.15) is 23.1 Å². The molecule has 0 fully saturated rings. The predicted octanol–water partition coefficient (Wildman–Crippen LogP) is 4.53. The van der Waals surface area contributed by atoms with E-state index in [0.717, 1.165) is 16.7 Å². The molecule has 0 saturated heterocycles. The topological polar surface area (TPSA) is 47.3 Å². The van der Waals surface area contributed by atoms with Gasteiger partial charge in [-0.05, 0) is 23.1 Å². The molecule has 0 aliphatic carbocycles. The Morgan fingerprint density at radius 2 is 1.11 bits per heavy atom. The zero-order chi connectivity index (χ0) is 19.0. The zero-order valence-electron chi connectivity index (χ0n) is 15.3. The van der Waals surface area contributed by atoms with Crippen molar-refractivity contribution < 1.29 is 5.11 Å². The highest BCUT2D eigenvalue weighted by atomic mass is 16.3. The third kappa shape index (κ3) is 5.27. The quantitative estimate of drug-likeness (QED) is 0.476. The minimum Gasteiger partial charge on any atom is -0.363 e. The van der Waals surface area contributed by atoms with Gasteiger partial charge in [0.2, 0.25) is 5.72 Å². The van der Waals surface area contributed by atoms with Gasteiger partial charge >= 0.3 is 0 Å². The maximum Gasteiger partial charge on any atom is 0.208 e. The Hall–Kier alpha value is -2.93. The molecule has 0 amide bonds. The number of nitrogens with zero attached hydrogens (tertiary/aromatic N) is 2. The lowest BCUT2D eigenvalue weighted by Crippen LogP contribution is -2.47. The number of rotatable bonds is 8. The number of aliphatic hydroxyl groups is 1. The van der Waals surface area contributed by atoms with Crippen LogP contribution in [-0.4, -0.2) is 15.7 Å². The fourth-order valence-corrected chi connectivity index (χ4v) is 3.17. The molecule has 0 bridgehead atoms. The van der Waals surface area contributed by atoms with Crippen LogP contribution in [0.5, 0.6) is 0 Å². The van der Waals surface area contributed by atoms with Gasteiger partial charge in [0, 0.05) is 19.5 Å². The molecule has 3 nitrogen and oxygen atoms in total. The van der Waals surface area contributed by atoms with Gasteiger partial charge in [-0.1, -0.05) is 91.0 Å². The van der Waals surface area contributed by atoms with Crippen molar-refractivity contribution in [3.63, 3.8) is 0 Å². The van der Waals surface area contributed by atoms with E-state index in [1.807, 2.05) is 95.9 Å². The summed E-state index contributed by atoms with van der Waals surface area (Å²) in [6, 6.07) is 32.1. The van der Waals surface area contributed by atoms with Crippen LogP contribution in [0.25, 0.3) is 0 Å². The van der Waals surface area contributed by atoms with Crippen molar-refractivity contribution in [2.75, 3.05) is 0 Å². The second-order valence-electron chi connectivity index (χ2n) is 6.74. The molecule has 0 aliphatic heterocycles. The molecule has 0 spiro atoms. The van der Waals surface area contributed by atoms with E-state index in [0.29, 0.717) is 25.9 Å². The molecule has 3 aromatic rings. The van der Waals surface area contributed by atoms with Gasteiger partial charge in [0.15, 0.2) is 0 Å². The standard InChI is InChI=1S/C24H24N2O/c25-20-24(27,17-16-21-10-4-1-5-11-21)26(18-22-12-6-2-7-13-22)19-23-14-8-3-9-15-23/h1-15,27H,16-19H2. The average molecular weight is 356 g/mol. The van der Waals surface area contributed by atoms with Crippen molar-refractivity contribution in [3.8, 4) is 6.07 Å². The Balaban J connectivity index is 1.82. The van der Waals surface area contributed by atoms with Gasteiger partial charge in [0.25, 0.3) is 0 Å². The van der Waals surface area contributed by atoms with E-state index in [-0.39, 0.29) is 0 Å². The number of nitriles is 1. The van der Waals surface area contributed by atoms with E-state index in [9.17, 15) is 10.4 Å². The molecule has 0 saturated carbocycles.